The number of benzene rings is 1. The van der Waals surface area contributed by atoms with Crippen LogP contribution in [0.4, 0.5) is 16.3 Å². The second-order valence-electron chi connectivity index (χ2n) is 10.5. The quantitative estimate of drug-likeness (QED) is 0.368. The number of imidazole rings is 1. The molecule has 0 aliphatic carbocycles. The fourth-order valence-corrected chi connectivity index (χ4v) is 4.81. The molecule has 5 rings (SSSR count). The highest BCUT2D eigenvalue weighted by molar-refractivity contribution is 5.94. The van der Waals surface area contributed by atoms with E-state index < -0.39 is 0 Å². The third-order valence-corrected chi connectivity index (χ3v) is 7.01. The van der Waals surface area contributed by atoms with Crippen LogP contribution in [0.3, 0.4) is 0 Å². The topological polar surface area (TPSA) is 113 Å². The zero-order valence-electron chi connectivity index (χ0n) is 23.5. The summed E-state index contributed by atoms with van der Waals surface area (Å²) in [5.41, 5.74) is 5.06. The maximum atomic E-state index is 13.4. The zero-order valence-corrected chi connectivity index (χ0v) is 23.5. The molecule has 0 unspecified atom stereocenters. The highest BCUT2D eigenvalue weighted by Gasteiger charge is 2.29. The van der Waals surface area contributed by atoms with E-state index in [4.69, 9.17) is 10.1 Å². The monoisotopic (exact) mass is 541 g/mol. The summed E-state index contributed by atoms with van der Waals surface area (Å²) in [5.74, 6) is 1.51. The van der Waals surface area contributed by atoms with Crippen LogP contribution >= 0.6 is 0 Å². The third-order valence-electron chi connectivity index (χ3n) is 7.01. The maximum Gasteiger partial charge on any atom is 0.321 e. The Bertz CT molecular complexity index is 1500. The van der Waals surface area contributed by atoms with E-state index in [-0.39, 0.29) is 18.0 Å². The van der Waals surface area contributed by atoms with Crippen molar-refractivity contribution in [3.05, 3.63) is 77.5 Å². The molecule has 0 atom stereocenters. The molecular formula is C29H35N9O2. The first-order valence-electron chi connectivity index (χ1n) is 13.4. The summed E-state index contributed by atoms with van der Waals surface area (Å²) in [6.07, 6.45) is 6.30. The van der Waals surface area contributed by atoms with Crippen LogP contribution in [0.15, 0.2) is 55.0 Å². The van der Waals surface area contributed by atoms with Gasteiger partial charge in [0.25, 0.3) is 5.91 Å². The van der Waals surface area contributed by atoms with Gasteiger partial charge in [-0.3, -0.25) is 9.48 Å². The molecule has 40 heavy (non-hydrogen) atoms. The number of anilines is 2. The Balaban J connectivity index is 1.30. The number of urea groups is 1. The SMILES string of the molecule is CC(C)n1nc(C(=O)NCc2ccc(NC(=O)N(C)C)cc2)c2c1CCN(c1ccc(-c3nccn3C)cn1)C2. The molecule has 3 amide bonds. The molecule has 1 aliphatic heterocycles. The van der Waals surface area contributed by atoms with Crippen molar-refractivity contribution < 1.29 is 9.59 Å². The molecule has 4 heterocycles. The average Bonchev–Trinajstić information content (AvgIpc) is 3.56. The van der Waals surface area contributed by atoms with Crippen LogP contribution < -0.4 is 15.5 Å². The molecule has 0 radical (unpaired) electrons. The summed E-state index contributed by atoms with van der Waals surface area (Å²) in [6.45, 7) is 5.85. The summed E-state index contributed by atoms with van der Waals surface area (Å²) >= 11 is 0. The van der Waals surface area contributed by atoms with E-state index in [1.165, 1.54) is 4.90 Å². The Labute approximate surface area is 233 Å². The smallest absolute Gasteiger partial charge is 0.321 e. The van der Waals surface area contributed by atoms with E-state index in [0.29, 0.717) is 24.5 Å². The number of hydrogen-bond donors (Lipinski definition) is 2. The van der Waals surface area contributed by atoms with Gasteiger partial charge in [0.1, 0.15) is 11.6 Å². The molecule has 0 fully saturated rings. The lowest BCUT2D eigenvalue weighted by Gasteiger charge is -2.29. The number of carbonyl (C=O) groups excluding carboxylic acids is 2. The second kappa shape index (κ2) is 11.2. The van der Waals surface area contributed by atoms with E-state index in [2.05, 4.69) is 34.4 Å². The molecular weight excluding hydrogens is 506 g/mol. The van der Waals surface area contributed by atoms with Gasteiger partial charge in [-0.2, -0.15) is 5.10 Å². The number of fused-ring (bicyclic) bond motifs is 1. The van der Waals surface area contributed by atoms with E-state index in [1.807, 2.05) is 65.1 Å². The summed E-state index contributed by atoms with van der Waals surface area (Å²) in [5, 5.41) is 10.6. The Morgan fingerprint density at radius 2 is 1.85 bits per heavy atom. The second-order valence-corrected chi connectivity index (χ2v) is 10.5. The number of aromatic nitrogens is 5. The minimum absolute atomic E-state index is 0.141. The van der Waals surface area contributed by atoms with Gasteiger partial charge in [-0.05, 0) is 43.7 Å². The number of amides is 3. The van der Waals surface area contributed by atoms with Gasteiger partial charge in [-0.15, -0.1) is 0 Å². The molecule has 208 valence electrons. The number of nitrogens with one attached hydrogen (secondary N) is 2. The van der Waals surface area contributed by atoms with Crippen molar-refractivity contribution in [2.24, 2.45) is 7.05 Å². The van der Waals surface area contributed by atoms with Crippen molar-refractivity contribution in [1.29, 1.82) is 0 Å². The van der Waals surface area contributed by atoms with Gasteiger partial charge in [0, 0.05) is 94.3 Å². The van der Waals surface area contributed by atoms with Gasteiger partial charge in [0.15, 0.2) is 5.69 Å². The van der Waals surface area contributed by atoms with Crippen LogP contribution in [0.5, 0.6) is 0 Å². The van der Waals surface area contributed by atoms with E-state index in [1.54, 1.807) is 20.3 Å². The summed E-state index contributed by atoms with van der Waals surface area (Å²) in [7, 11) is 5.34. The lowest BCUT2D eigenvalue weighted by atomic mass is 10.0. The predicted octanol–water partition coefficient (Wildman–Crippen LogP) is 3.85. The van der Waals surface area contributed by atoms with Crippen LogP contribution in [0.25, 0.3) is 11.4 Å². The van der Waals surface area contributed by atoms with E-state index in [9.17, 15) is 9.59 Å². The van der Waals surface area contributed by atoms with E-state index in [0.717, 1.165) is 47.0 Å². The number of hydrogen-bond acceptors (Lipinski definition) is 6. The molecule has 11 nitrogen and oxygen atoms in total. The Morgan fingerprint density at radius 1 is 1.07 bits per heavy atom. The van der Waals surface area contributed by atoms with Gasteiger partial charge < -0.3 is 25.0 Å². The summed E-state index contributed by atoms with van der Waals surface area (Å²) in [4.78, 5) is 38.0. The fraction of sp³-hybridized carbons (Fsp3) is 0.345. The molecule has 0 saturated carbocycles. The molecule has 1 aliphatic rings. The molecule has 0 spiro atoms. The average molecular weight is 542 g/mol. The molecule has 0 saturated heterocycles. The lowest BCUT2D eigenvalue weighted by Crippen LogP contribution is -2.33. The first kappa shape index (κ1) is 26.9. The molecule has 2 N–H and O–H groups in total. The van der Waals surface area contributed by atoms with Gasteiger partial charge in [0.2, 0.25) is 0 Å². The van der Waals surface area contributed by atoms with Crippen LogP contribution in [0.2, 0.25) is 0 Å². The van der Waals surface area contributed by atoms with Crippen LogP contribution in [0, 0.1) is 0 Å². The largest absolute Gasteiger partial charge is 0.352 e. The van der Waals surface area contributed by atoms with Gasteiger partial charge >= 0.3 is 6.03 Å². The molecule has 0 bridgehead atoms. The van der Waals surface area contributed by atoms with Crippen molar-refractivity contribution in [3.8, 4) is 11.4 Å². The van der Waals surface area contributed by atoms with Crippen LogP contribution in [0.1, 0.15) is 47.2 Å². The summed E-state index contributed by atoms with van der Waals surface area (Å²) < 4.78 is 3.94. The van der Waals surface area contributed by atoms with Crippen molar-refractivity contribution in [1.82, 2.24) is 34.5 Å². The summed E-state index contributed by atoms with van der Waals surface area (Å²) in [6, 6.07) is 11.4. The van der Waals surface area contributed by atoms with Crippen molar-refractivity contribution in [2.75, 3.05) is 30.9 Å². The lowest BCUT2D eigenvalue weighted by molar-refractivity contribution is 0.0944. The molecule has 4 aromatic rings. The number of carbonyl (C=O) groups is 2. The molecule has 11 heteroatoms. The Hall–Kier alpha value is -4.67. The first-order valence-corrected chi connectivity index (χ1v) is 13.4. The molecule has 1 aromatic carbocycles. The standard InChI is InChI=1S/C29H35N9O2/c1-19(2)38-24-12-14-37(25-11-8-21(17-31-25)27-30-13-15-36(27)5)18-23(24)26(34-38)28(39)32-16-20-6-9-22(10-7-20)33-29(40)35(3)4/h6-11,13,15,17,19H,12,14,16,18H2,1-5H3,(H,32,39)(H,33,40). The Morgan fingerprint density at radius 3 is 2.48 bits per heavy atom. The highest BCUT2D eigenvalue weighted by atomic mass is 16.2. The first-order chi connectivity index (χ1) is 19.2. The van der Waals surface area contributed by atoms with Gasteiger partial charge in [0.05, 0.1) is 0 Å². The number of rotatable bonds is 7. The number of pyridine rings is 1. The van der Waals surface area contributed by atoms with E-state index >= 15 is 0 Å². The third kappa shape index (κ3) is 5.54. The van der Waals surface area contributed by atoms with Crippen molar-refractivity contribution >= 4 is 23.4 Å². The minimum Gasteiger partial charge on any atom is -0.352 e. The van der Waals surface area contributed by atoms with Gasteiger partial charge in [-0.25, -0.2) is 14.8 Å². The predicted molar refractivity (Wildman–Crippen MR) is 154 cm³/mol. The van der Waals surface area contributed by atoms with Crippen molar-refractivity contribution in [2.45, 2.75) is 39.4 Å². The van der Waals surface area contributed by atoms with Crippen LogP contribution in [-0.4, -0.2) is 61.8 Å². The number of nitrogens with zero attached hydrogens (tertiary/aromatic N) is 7. The minimum atomic E-state index is -0.208. The molecule has 3 aromatic heterocycles. The number of aryl methyl sites for hydroxylation is 1. The van der Waals surface area contributed by atoms with Gasteiger partial charge in [-0.1, -0.05) is 12.1 Å². The van der Waals surface area contributed by atoms with Crippen LogP contribution in [-0.2, 0) is 26.6 Å². The zero-order chi connectivity index (χ0) is 28.4. The fourth-order valence-electron chi connectivity index (χ4n) is 4.81. The maximum absolute atomic E-state index is 13.4. The normalized spacial score (nSPS) is 12.8. The van der Waals surface area contributed by atoms with Crippen molar-refractivity contribution in [3.63, 3.8) is 0 Å². The highest BCUT2D eigenvalue weighted by Crippen LogP contribution is 2.29. The Kier molecular flexibility index (Phi) is 7.54.